The monoisotopic (exact) mass is 768 g/mol. The third-order valence-electron chi connectivity index (χ3n) is 13.7. The smallest absolute Gasteiger partial charge is 0.0547 e. The second-order valence-electron chi connectivity index (χ2n) is 17.8. The lowest BCUT2D eigenvalue weighted by Crippen LogP contribution is -2.16. The van der Waals surface area contributed by atoms with Crippen LogP contribution in [0.2, 0.25) is 0 Å². The van der Waals surface area contributed by atoms with E-state index in [9.17, 15) is 0 Å². The van der Waals surface area contributed by atoms with E-state index in [1.807, 2.05) is 0 Å². The standard InChI is InChI=1S/C58H44N2/c1-57(2)51-24-13-11-22-44(51)46-30-27-43(35-53(46)57)59(41-21-15-18-38(32-41)37-16-7-5-8-17-37)42-28-31-54-50(34-42)49-33-39-26-29-47-45-23-12-14-25-52(45)58(3,4)56(47)48(39)36-55(49)60(54)40-19-9-6-10-20-40/h5-36H,1-4H3. The molecule has 2 nitrogen and oxygen atoms in total. The maximum Gasteiger partial charge on any atom is 0.0547 e. The van der Waals surface area contributed by atoms with E-state index in [-0.39, 0.29) is 10.8 Å². The normalized spacial score (nSPS) is 14.3. The summed E-state index contributed by atoms with van der Waals surface area (Å²) < 4.78 is 2.47. The molecule has 9 aromatic carbocycles. The number of aromatic nitrogens is 1. The summed E-state index contributed by atoms with van der Waals surface area (Å²) in [5.74, 6) is 0. The predicted molar refractivity (Wildman–Crippen MR) is 254 cm³/mol. The van der Waals surface area contributed by atoms with Crippen LogP contribution in [0.3, 0.4) is 0 Å². The van der Waals surface area contributed by atoms with Gasteiger partial charge in [-0.25, -0.2) is 0 Å². The van der Waals surface area contributed by atoms with Crippen molar-refractivity contribution in [3.8, 4) is 39.1 Å². The first-order chi connectivity index (χ1) is 29.3. The van der Waals surface area contributed by atoms with Crippen LogP contribution < -0.4 is 4.90 Å². The molecule has 2 aliphatic carbocycles. The highest BCUT2D eigenvalue weighted by Gasteiger charge is 2.38. The largest absolute Gasteiger partial charge is 0.310 e. The average molecular weight is 769 g/mol. The number of hydrogen-bond acceptors (Lipinski definition) is 1. The average Bonchev–Trinajstić information content (AvgIpc) is 3.82. The van der Waals surface area contributed by atoms with Crippen molar-refractivity contribution in [2.75, 3.05) is 4.90 Å². The van der Waals surface area contributed by atoms with Crippen molar-refractivity contribution in [2.24, 2.45) is 0 Å². The molecule has 0 unspecified atom stereocenters. The number of rotatable bonds is 5. The topological polar surface area (TPSA) is 8.17 Å². The first-order valence-corrected chi connectivity index (χ1v) is 21.2. The van der Waals surface area contributed by atoms with Crippen molar-refractivity contribution in [3.05, 3.63) is 216 Å². The molecular weight excluding hydrogens is 725 g/mol. The van der Waals surface area contributed by atoms with Crippen LogP contribution in [0.1, 0.15) is 49.9 Å². The van der Waals surface area contributed by atoms with Gasteiger partial charge in [0.25, 0.3) is 0 Å². The Morgan fingerprint density at radius 3 is 1.73 bits per heavy atom. The zero-order valence-corrected chi connectivity index (χ0v) is 34.4. The van der Waals surface area contributed by atoms with Crippen molar-refractivity contribution < 1.29 is 0 Å². The highest BCUT2D eigenvalue weighted by Crippen LogP contribution is 2.53. The Labute approximate surface area is 351 Å². The Morgan fingerprint density at radius 1 is 0.367 bits per heavy atom. The van der Waals surface area contributed by atoms with Crippen molar-refractivity contribution in [1.82, 2.24) is 4.57 Å². The van der Waals surface area contributed by atoms with Crippen molar-refractivity contribution in [1.29, 1.82) is 0 Å². The summed E-state index contributed by atoms with van der Waals surface area (Å²) in [4.78, 5) is 2.46. The Morgan fingerprint density at radius 2 is 0.950 bits per heavy atom. The van der Waals surface area contributed by atoms with Gasteiger partial charge in [0.1, 0.15) is 0 Å². The molecule has 0 saturated carbocycles. The third kappa shape index (κ3) is 4.94. The van der Waals surface area contributed by atoms with E-state index in [0.717, 1.165) is 22.7 Å². The lowest BCUT2D eigenvalue weighted by Gasteiger charge is -2.28. The van der Waals surface area contributed by atoms with Gasteiger partial charge in [0, 0.05) is 44.4 Å². The van der Waals surface area contributed by atoms with Gasteiger partial charge >= 0.3 is 0 Å². The lowest BCUT2D eigenvalue weighted by atomic mass is 9.80. The molecule has 2 heteroatoms. The Hall–Kier alpha value is -7.16. The van der Waals surface area contributed by atoms with Gasteiger partial charge in [0.2, 0.25) is 0 Å². The minimum Gasteiger partial charge on any atom is -0.310 e. The fraction of sp³-hybridized carbons (Fsp3) is 0.103. The Bertz CT molecular complexity index is 3370. The van der Waals surface area contributed by atoms with Crippen LogP contribution in [0.25, 0.3) is 71.6 Å². The second kappa shape index (κ2) is 12.7. The Balaban J connectivity index is 1.11. The molecule has 0 fully saturated rings. The molecule has 12 rings (SSSR count). The molecular formula is C58H44N2. The maximum atomic E-state index is 2.48. The van der Waals surface area contributed by atoms with Crippen LogP contribution in [0, 0.1) is 0 Å². The highest BCUT2D eigenvalue weighted by atomic mass is 15.1. The summed E-state index contributed by atoms with van der Waals surface area (Å²) in [6.07, 6.45) is 0. The van der Waals surface area contributed by atoms with Crippen LogP contribution in [0.4, 0.5) is 17.1 Å². The van der Waals surface area contributed by atoms with Crippen LogP contribution in [-0.2, 0) is 10.8 Å². The van der Waals surface area contributed by atoms with Crippen LogP contribution >= 0.6 is 0 Å². The molecule has 286 valence electrons. The van der Waals surface area contributed by atoms with Gasteiger partial charge in [-0.3, -0.25) is 0 Å². The molecule has 0 N–H and O–H groups in total. The van der Waals surface area contributed by atoms with Gasteiger partial charge < -0.3 is 9.47 Å². The van der Waals surface area contributed by atoms with Gasteiger partial charge in [0.05, 0.1) is 11.0 Å². The summed E-state index contributed by atoms with van der Waals surface area (Å²) in [5, 5.41) is 5.07. The molecule has 0 spiro atoms. The molecule has 0 aliphatic heterocycles. The molecule has 10 aromatic rings. The number of hydrogen-bond donors (Lipinski definition) is 0. The first kappa shape index (κ1) is 34.8. The molecule has 2 aliphatic rings. The molecule has 0 amide bonds. The predicted octanol–water partition coefficient (Wildman–Crippen LogP) is 15.7. The summed E-state index contributed by atoms with van der Waals surface area (Å²) >= 11 is 0. The number of fused-ring (bicyclic) bond motifs is 11. The van der Waals surface area contributed by atoms with Gasteiger partial charge in [-0.15, -0.1) is 0 Å². The zero-order valence-electron chi connectivity index (χ0n) is 34.4. The van der Waals surface area contributed by atoms with E-state index in [2.05, 4.69) is 231 Å². The van der Waals surface area contributed by atoms with E-state index < -0.39 is 0 Å². The summed E-state index contributed by atoms with van der Waals surface area (Å²) in [5.41, 5.74) is 20.0. The first-order valence-electron chi connectivity index (χ1n) is 21.2. The fourth-order valence-electron chi connectivity index (χ4n) is 10.8. The number of benzene rings is 9. The van der Waals surface area contributed by atoms with Crippen LogP contribution in [0.15, 0.2) is 194 Å². The van der Waals surface area contributed by atoms with Gasteiger partial charge in [-0.2, -0.15) is 0 Å². The van der Waals surface area contributed by atoms with Gasteiger partial charge in [-0.1, -0.05) is 155 Å². The van der Waals surface area contributed by atoms with Crippen molar-refractivity contribution in [3.63, 3.8) is 0 Å². The van der Waals surface area contributed by atoms with Crippen LogP contribution in [-0.4, -0.2) is 4.57 Å². The van der Waals surface area contributed by atoms with E-state index in [1.54, 1.807) is 0 Å². The summed E-state index contributed by atoms with van der Waals surface area (Å²) in [7, 11) is 0. The molecule has 1 heterocycles. The minimum absolute atomic E-state index is 0.115. The highest BCUT2D eigenvalue weighted by molar-refractivity contribution is 6.16. The lowest BCUT2D eigenvalue weighted by molar-refractivity contribution is 0.660. The maximum absolute atomic E-state index is 2.48. The van der Waals surface area contributed by atoms with Crippen molar-refractivity contribution >= 4 is 49.6 Å². The van der Waals surface area contributed by atoms with Crippen LogP contribution in [0.5, 0.6) is 0 Å². The Kier molecular flexibility index (Phi) is 7.36. The van der Waals surface area contributed by atoms with Crippen molar-refractivity contribution in [2.45, 2.75) is 38.5 Å². The quantitative estimate of drug-likeness (QED) is 0.169. The molecule has 0 bridgehead atoms. The van der Waals surface area contributed by atoms with Gasteiger partial charge in [0.15, 0.2) is 0 Å². The minimum atomic E-state index is -0.121. The molecule has 1 aromatic heterocycles. The molecule has 0 atom stereocenters. The zero-order chi connectivity index (χ0) is 40.3. The van der Waals surface area contributed by atoms with E-state index in [1.165, 1.54) is 88.2 Å². The van der Waals surface area contributed by atoms with E-state index in [4.69, 9.17) is 0 Å². The molecule has 0 saturated heterocycles. The number of anilines is 3. The fourth-order valence-corrected chi connectivity index (χ4v) is 10.8. The van der Waals surface area contributed by atoms with Gasteiger partial charge in [-0.05, 0) is 133 Å². The second-order valence-corrected chi connectivity index (χ2v) is 17.8. The number of nitrogens with zero attached hydrogens (tertiary/aromatic N) is 2. The third-order valence-corrected chi connectivity index (χ3v) is 13.7. The SMILES string of the molecule is CC1(C)c2ccccc2-c2ccc(N(c3cccc(-c4ccccc4)c3)c3ccc4c(c3)c3cc5ccc6c(c5cc3n4-c3ccccc3)C(C)(C)c3ccccc3-6)cc21. The van der Waals surface area contributed by atoms with E-state index >= 15 is 0 Å². The molecule has 60 heavy (non-hydrogen) atoms. The summed E-state index contributed by atoms with van der Waals surface area (Å²) in [6.45, 7) is 9.51. The summed E-state index contributed by atoms with van der Waals surface area (Å²) in [6, 6.07) is 72.3. The molecule has 0 radical (unpaired) electrons. The number of para-hydroxylation sites is 1. The van der Waals surface area contributed by atoms with E-state index in [0.29, 0.717) is 0 Å².